The number of pyridine rings is 1. The molecule has 3 saturated carbocycles. The van der Waals surface area contributed by atoms with E-state index in [0.29, 0.717) is 72.3 Å². The van der Waals surface area contributed by atoms with Crippen molar-refractivity contribution in [1.29, 1.82) is 0 Å². The zero-order valence-electron chi connectivity index (χ0n) is 39.2. The lowest BCUT2D eigenvalue weighted by Crippen LogP contribution is -2.59. The lowest BCUT2D eigenvalue weighted by atomic mass is 10.0. The number of nitrogens with one attached hydrogen (secondary N) is 4. The van der Waals surface area contributed by atoms with Gasteiger partial charge in [0.15, 0.2) is 5.13 Å². The van der Waals surface area contributed by atoms with Crippen LogP contribution in [0.25, 0.3) is 22.3 Å². The van der Waals surface area contributed by atoms with Crippen LogP contribution in [0.4, 0.5) is 9.93 Å². The van der Waals surface area contributed by atoms with Crippen LogP contribution in [0.15, 0.2) is 41.8 Å². The predicted octanol–water partition coefficient (Wildman–Crippen LogP) is 7.92. The summed E-state index contributed by atoms with van der Waals surface area (Å²) in [6.45, 7) is 6.21. The monoisotopic (exact) mass is 961 g/mol. The fourth-order valence-electron chi connectivity index (χ4n) is 9.87. The Labute approximate surface area is 398 Å². The summed E-state index contributed by atoms with van der Waals surface area (Å²) in [7, 11) is -2.34. The summed E-state index contributed by atoms with van der Waals surface area (Å²) in [4.78, 5) is 69.8. The van der Waals surface area contributed by atoms with E-state index in [2.05, 4.69) is 27.6 Å². The maximum Gasteiger partial charge on any atom is 0.408 e. The second-order valence-electron chi connectivity index (χ2n) is 19.3. The molecular formula is C49H67N7O9S2. The Bertz CT molecular complexity index is 2420. The first-order valence-electron chi connectivity index (χ1n) is 24.5. The van der Waals surface area contributed by atoms with E-state index in [9.17, 15) is 18.0 Å². The van der Waals surface area contributed by atoms with Gasteiger partial charge >= 0.3 is 6.09 Å². The molecule has 3 aromatic rings. The molecule has 6 atom stereocenters. The molecule has 4 heterocycles. The van der Waals surface area contributed by atoms with Crippen molar-refractivity contribution >= 4 is 61.2 Å². The van der Waals surface area contributed by atoms with Gasteiger partial charge in [-0.15, -0.1) is 11.3 Å². The number of alkyl carbamates (subject to hydrolysis) is 1. The van der Waals surface area contributed by atoms with Gasteiger partial charge in [-0.05, 0) is 96.6 Å². The first kappa shape index (κ1) is 48.5. The molecule has 4 N–H and O–H groups in total. The van der Waals surface area contributed by atoms with E-state index in [1.54, 1.807) is 12.0 Å². The smallest absolute Gasteiger partial charge is 0.408 e. The van der Waals surface area contributed by atoms with Gasteiger partial charge in [-0.1, -0.05) is 57.6 Å². The minimum atomic E-state index is -3.93. The van der Waals surface area contributed by atoms with Crippen LogP contribution in [0.3, 0.4) is 0 Å². The highest BCUT2D eigenvalue weighted by molar-refractivity contribution is 7.91. The second kappa shape index (κ2) is 21.1. The van der Waals surface area contributed by atoms with Crippen LogP contribution >= 0.6 is 11.3 Å². The predicted molar refractivity (Wildman–Crippen MR) is 257 cm³/mol. The van der Waals surface area contributed by atoms with Gasteiger partial charge in [0.1, 0.15) is 47.0 Å². The summed E-state index contributed by atoms with van der Waals surface area (Å²) in [5.41, 5.74) is 0.281. The Balaban J connectivity index is 1.19. The summed E-state index contributed by atoms with van der Waals surface area (Å²) < 4.78 is 47.2. The number of allylic oxidation sites excluding steroid dienone is 1. The highest BCUT2D eigenvalue weighted by atomic mass is 32.2. The second-order valence-corrected chi connectivity index (χ2v) is 22.1. The molecule has 16 nitrogen and oxygen atoms in total. The van der Waals surface area contributed by atoms with E-state index >= 15 is 9.59 Å². The summed E-state index contributed by atoms with van der Waals surface area (Å²) in [5.74, 6) is -1.15. The van der Waals surface area contributed by atoms with Crippen molar-refractivity contribution in [3.05, 3.63) is 41.8 Å². The van der Waals surface area contributed by atoms with Gasteiger partial charge in [-0.2, -0.15) is 0 Å². The van der Waals surface area contributed by atoms with Gasteiger partial charge in [-0.25, -0.2) is 23.2 Å². The Morgan fingerprint density at radius 2 is 1.78 bits per heavy atom. The van der Waals surface area contributed by atoms with Crippen molar-refractivity contribution in [2.75, 3.05) is 12.4 Å². The highest BCUT2D eigenvalue weighted by Gasteiger charge is 2.62. The van der Waals surface area contributed by atoms with Crippen LogP contribution in [-0.4, -0.2) is 101 Å². The summed E-state index contributed by atoms with van der Waals surface area (Å²) in [6, 6.07) is 4.78. The largest absolute Gasteiger partial charge is 0.497 e. The first-order valence-corrected chi connectivity index (χ1v) is 26.9. The average molecular weight is 962 g/mol. The maximum absolute atomic E-state index is 15.5. The fraction of sp³-hybridized carbons (Fsp3) is 0.633. The number of anilines is 1. The number of rotatable bonds is 16. The molecule has 3 aliphatic carbocycles. The zero-order valence-corrected chi connectivity index (χ0v) is 40.9. The molecule has 8 rings (SSSR count). The van der Waals surface area contributed by atoms with Crippen molar-refractivity contribution in [2.24, 2.45) is 5.92 Å². The number of carbonyl (C=O) groups excluding carboxylic acids is 4. The van der Waals surface area contributed by atoms with Gasteiger partial charge in [0.2, 0.25) is 21.8 Å². The number of fused-ring (bicyclic) bond motifs is 3. The molecule has 0 bridgehead atoms. The van der Waals surface area contributed by atoms with Gasteiger partial charge in [0, 0.05) is 41.3 Å². The van der Waals surface area contributed by atoms with Gasteiger partial charge in [0.05, 0.1) is 29.6 Å². The zero-order chi connectivity index (χ0) is 47.3. The lowest BCUT2D eigenvalue weighted by molar-refractivity contribution is -0.143. The number of hydrogen-bond acceptors (Lipinski definition) is 13. The number of methoxy groups -OCH3 is 1. The van der Waals surface area contributed by atoms with Crippen molar-refractivity contribution in [3.8, 4) is 22.9 Å². The van der Waals surface area contributed by atoms with E-state index in [0.717, 1.165) is 69.3 Å². The van der Waals surface area contributed by atoms with Crippen LogP contribution in [-0.2, 0) is 29.1 Å². The maximum atomic E-state index is 15.5. The van der Waals surface area contributed by atoms with Crippen LogP contribution < -0.4 is 30.1 Å². The number of amides is 4. The number of hydrogen-bond donors (Lipinski definition) is 4. The minimum Gasteiger partial charge on any atom is -0.497 e. The third kappa shape index (κ3) is 11.5. The topological polar surface area (TPSA) is 207 Å². The Morgan fingerprint density at radius 3 is 2.52 bits per heavy atom. The summed E-state index contributed by atoms with van der Waals surface area (Å²) in [6.07, 6.45) is 14.3. The normalized spacial score (nSPS) is 26.5. The molecule has 4 fully saturated rings. The van der Waals surface area contributed by atoms with Gasteiger partial charge in [-0.3, -0.25) is 19.1 Å². The number of benzene rings is 1. The van der Waals surface area contributed by atoms with E-state index in [1.165, 1.54) is 11.3 Å². The van der Waals surface area contributed by atoms with Crippen molar-refractivity contribution in [1.82, 2.24) is 30.2 Å². The number of sulfonamides is 1. The fourth-order valence-corrected chi connectivity index (χ4v) is 12.1. The summed E-state index contributed by atoms with van der Waals surface area (Å²) in [5, 5.41) is 12.0. The van der Waals surface area contributed by atoms with Crippen molar-refractivity contribution in [2.45, 2.75) is 184 Å². The molecule has 18 heteroatoms. The van der Waals surface area contributed by atoms with E-state index < -0.39 is 74.8 Å². The van der Waals surface area contributed by atoms with Crippen LogP contribution in [0, 0.1) is 5.92 Å². The third-order valence-corrected chi connectivity index (χ3v) is 16.4. The quantitative estimate of drug-likeness (QED) is 0.0798. The molecular weight excluding hydrogens is 895 g/mol. The Hall–Kier alpha value is -4.97. The SMILES string of the molecule is CCCCCC[C@H]1[C@H](Oc2cc(-c3csc(NC(C)C)n3)nc3cc(OC)ccc23)CC2C(=O)NC3(C(=O)NS(=O)(=O)C4CC4)CC3/C=C\CCCCCC(NC(=O)OC3CCCC3)C(=O)N21. The first-order chi connectivity index (χ1) is 32.3. The molecule has 2 aromatic heterocycles. The minimum absolute atomic E-state index is 0.0578. The summed E-state index contributed by atoms with van der Waals surface area (Å²) >= 11 is 1.47. The van der Waals surface area contributed by atoms with Crippen molar-refractivity contribution in [3.63, 3.8) is 0 Å². The van der Waals surface area contributed by atoms with Gasteiger partial charge < -0.3 is 35.1 Å². The molecule has 364 valence electrons. The number of unbranched alkanes of at least 4 members (excludes halogenated alkanes) is 3. The molecule has 1 aromatic carbocycles. The number of nitrogens with zero attached hydrogens (tertiary/aromatic N) is 3. The number of thiazole rings is 1. The molecule has 0 radical (unpaired) electrons. The standard InChI is InChI=1S/C49H67N7O9S2/c1-5-6-7-13-20-40-43(65-42-26-38(39-29-66-47(52-39)50-30(2)3)51-37-25-33(63-4)21-24-35(37)42)27-41-44(57)54-49(46(59)55-67(61,62)34-22-23-34)28-31(49)16-11-9-8-10-12-19-36(45(58)56(40)41)53-48(60)64-32-17-14-15-18-32/h11,16,21,24-26,29-32,34,36,40-41,43H,5-10,12-15,17-20,22-23,27-28H2,1-4H3,(H,50,52)(H,53,60)(H,54,57)(H,55,59)/b16-11-/t31?,36?,40-,41?,43+,49?/m0/s1. The Morgan fingerprint density at radius 1 is 0.985 bits per heavy atom. The third-order valence-electron chi connectivity index (χ3n) is 13.8. The number of carbonyl (C=O) groups is 4. The average Bonchev–Trinajstić information content (AvgIpc) is 4.10. The number of ether oxygens (including phenoxy) is 3. The van der Waals surface area contributed by atoms with Crippen LogP contribution in [0.2, 0.25) is 0 Å². The van der Waals surface area contributed by atoms with Crippen molar-refractivity contribution < 1.29 is 41.8 Å². The molecule has 4 unspecified atom stereocenters. The molecule has 5 aliphatic rings. The Kier molecular flexibility index (Phi) is 15.3. The van der Waals surface area contributed by atoms with Gasteiger partial charge in [0.25, 0.3) is 5.91 Å². The molecule has 1 saturated heterocycles. The van der Waals surface area contributed by atoms with Crippen LogP contribution in [0.1, 0.15) is 136 Å². The number of aromatic nitrogens is 2. The molecule has 4 amide bonds. The van der Waals surface area contributed by atoms with Crippen LogP contribution in [0.5, 0.6) is 11.5 Å². The lowest BCUT2D eigenvalue weighted by Gasteiger charge is -2.35. The highest BCUT2D eigenvalue weighted by Crippen LogP contribution is 2.47. The molecule has 0 spiro atoms. The molecule has 67 heavy (non-hydrogen) atoms. The van der Waals surface area contributed by atoms with E-state index in [1.807, 2.05) is 55.6 Å². The molecule has 2 aliphatic heterocycles. The van der Waals surface area contributed by atoms with E-state index in [-0.39, 0.29) is 25.0 Å². The van der Waals surface area contributed by atoms with E-state index in [4.69, 9.17) is 24.2 Å².